The molecule has 1 saturated heterocycles. The molecule has 1 saturated carbocycles. The number of ether oxygens (including phenoxy) is 1. The smallest absolute Gasteiger partial charge is 0.265 e. The molecular weight excluding hydrogens is 414 g/mol. The number of nitrogens with zero attached hydrogens (tertiary/aromatic N) is 4. The summed E-state index contributed by atoms with van der Waals surface area (Å²) in [6, 6.07) is 11.8. The largest absolute Gasteiger partial charge is 0.472 e. The van der Waals surface area contributed by atoms with E-state index in [-0.39, 0.29) is 29.7 Å². The summed E-state index contributed by atoms with van der Waals surface area (Å²) in [7, 11) is 0. The second-order valence-electron chi connectivity index (χ2n) is 8.26. The first kappa shape index (κ1) is 20.5. The van der Waals surface area contributed by atoms with Crippen LogP contribution in [0.5, 0.6) is 5.88 Å². The maximum Gasteiger partial charge on any atom is 0.265 e. The molecule has 1 amide bonds. The Hall–Kier alpha value is -3.42. The number of fused-ring (bicyclic) bond motifs is 2. The predicted octanol–water partition coefficient (Wildman–Crippen LogP) is 4.55. The number of pyridine rings is 1. The highest BCUT2D eigenvalue weighted by Gasteiger charge is 2.52. The van der Waals surface area contributed by atoms with Crippen molar-refractivity contribution in [1.29, 1.82) is 0 Å². The molecular formula is C24H22F2N4O2. The van der Waals surface area contributed by atoms with Crippen LogP contribution in [-0.4, -0.2) is 43.9 Å². The van der Waals surface area contributed by atoms with Crippen molar-refractivity contribution in [2.45, 2.75) is 44.4 Å². The number of piperidine rings is 1. The maximum atomic E-state index is 13.7. The first-order valence-corrected chi connectivity index (χ1v) is 10.6. The number of carbonyl (C=O) groups excluding carboxylic acids is 1. The Morgan fingerprint density at radius 3 is 2.53 bits per heavy atom. The number of hydrogen-bond donors (Lipinski definition) is 0. The SMILES string of the molecule is CC1C2CC(Oc3ccc(C(F)F)cn3)C(C2)N1C(=O)c1ccccc1-c1ncccn1. The zero-order chi connectivity index (χ0) is 22.2. The van der Waals surface area contributed by atoms with Gasteiger partial charge in [0, 0.05) is 41.8 Å². The van der Waals surface area contributed by atoms with Crippen LogP contribution < -0.4 is 4.74 Å². The van der Waals surface area contributed by atoms with Gasteiger partial charge in [-0.15, -0.1) is 0 Å². The molecule has 5 rings (SSSR count). The lowest BCUT2D eigenvalue weighted by atomic mass is 9.97. The van der Waals surface area contributed by atoms with Crippen LogP contribution >= 0.6 is 0 Å². The molecule has 3 heterocycles. The molecule has 4 atom stereocenters. The fourth-order valence-electron chi connectivity index (χ4n) is 4.88. The molecule has 6 nitrogen and oxygen atoms in total. The Balaban J connectivity index is 1.39. The van der Waals surface area contributed by atoms with Crippen molar-refractivity contribution in [2.75, 3.05) is 0 Å². The quantitative estimate of drug-likeness (QED) is 0.587. The lowest BCUT2D eigenvalue weighted by Gasteiger charge is -2.38. The molecule has 1 aliphatic heterocycles. The molecule has 8 heteroatoms. The Morgan fingerprint density at radius 2 is 1.84 bits per heavy atom. The van der Waals surface area contributed by atoms with Gasteiger partial charge >= 0.3 is 0 Å². The van der Waals surface area contributed by atoms with Gasteiger partial charge in [-0.1, -0.05) is 18.2 Å². The molecule has 0 spiro atoms. The van der Waals surface area contributed by atoms with E-state index in [0.29, 0.717) is 28.7 Å². The van der Waals surface area contributed by atoms with E-state index in [2.05, 4.69) is 21.9 Å². The monoisotopic (exact) mass is 436 g/mol. The third kappa shape index (κ3) is 3.59. The molecule has 2 bridgehead atoms. The summed E-state index contributed by atoms with van der Waals surface area (Å²) in [5.74, 6) is 1.03. The highest BCUT2D eigenvalue weighted by Crippen LogP contribution is 2.45. The number of benzene rings is 1. The lowest BCUT2D eigenvalue weighted by Crippen LogP contribution is -2.51. The Morgan fingerprint density at radius 1 is 1.06 bits per heavy atom. The van der Waals surface area contributed by atoms with Crippen LogP contribution in [0.25, 0.3) is 11.4 Å². The molecule has 32 heavy (non-hydrogen) atoms. The predicted molar refractivity (Wildman–Crippen MR) is 113 cm³/mol. The molecule has 2 aromatic heterocycles. The number of hydrogen-bond acceptors (Lipinski definition) is 5. The molecule has 0 N–H and O–H groups in total. The Bertz CT molecular complexity index is 1110. The summed E-state index contributed by atoms with van der Waals surface area (Å²) >= 11 is 0. The second kappa shape index (κ2) is 8.26. The zero-order valence-corrected chi connectivity index (χ0v) is 17.4. The minimum Gasteiger partial charge on any atom is -0.472 e. The second-order valence-corrected chi connectivity index (χ2v) is 8.26. The average molecular weight is 436 g/mol. The number of aromatic nitrogens is 3. The summed E-state index contributed by atoms with van der Waals surface area (Å²) < 4.78 is 31.6. The van der Waals surface area contributed by atoms with Crippen LogP contribution in [0.15, 0.2) is 61.1 Å². The van der Waals surface area contributed by atoms with Crippen molar-refractivity contribution in [1.82, 2.24) is 19.9 Å². The number of carbonyl (C=O) groups is 1. The lowest BCUT2D eigenvalue weighted by molar-refractivity contribution is 0.0314. The molecule has 2 fully saturated rings. The van der Waals surface area contributed by atoms with Crippen LogP contribution in [0, 0.1) is 5.92 Å². The Labute approximate surface area is 184 Å². The third-order valence-electron chi connectivity index (χ3n) is 6.47. The maximum absolute atomic E-state index is 13.7. The van der Waals surface area contributed by atoms with Crippen molar-refractivity contribution in [3.8, 4) is 17.3 Å². The van der Waals surface area contributed by atoms with Crippen molar-refractivity contribution in [3.05, 3.63) is 72.2 Å². The molecule has 1 aromatic carbocycles. The van der Waals surface area contributed by atoms with Crippen molar-refractivity contribution in [3.63, 3.8) is 0 Å². The molecule has 1 aliphatic carbocycles. The topological polar surface area (TPSA) is 68.2 Å². The minimum atomic E-state index is -2.57. The van der Waals surface area contributed by atoms with Gasteiger partial charge in [0.05, 0.1) is 11.6 Å². The first-order valence-electron chi connectivity index (χ1n) is 10.6. The third-order valence-corrected chi connectivity index (χ3v) is 6.47. The van der Waals surface area contributed by atoms with Crippen molar-refractivity contribution in [2.24, 2.45) is 5.92 Å². The van der Waals surface area contributed by atoms with E-state index in [1.807, 2.05) is 23.1 Å². The normalized spacial score (nSPS) is 24.2. The highest BCUT2D eigenvalue weighted by molar-refractivity contribution is 6.00. The number of halogens is 2. The summed E-state index contributed by atoms with van der Waals surface area (Å²) in [4.78, 5) is 28.2. The molecule has 164 valence electrons. The highest BCUT2D eigenvalue weighted by atomic mass is 19.3. The fourth-order valence-corrected chi connectivity index (χ4v) is 4.88. The van der Waals surface area contributed by atoms with E-state index >= 15 is 0 Å². The van der Waals surface area contributed by atoms with Gasteiger partial charge < -0.3 is 9.64 Å². The number of amides is 1. The van der Waals surface area contributed by atoms with E-state index in [0.717, 1.165) is 19.0 Å². The zero-order valence-electron chi connectivity index (χ0n) is 17.4. The van der Waals surface area contributed by atoms with E-state index in [1.54, 1.807) is 24.5 Å². The van der Waals surface area contributed by atoms with Crippen LogP contribution in [0.4, 0.5) is 8.78 Å². The van der Waals surface area contributed by atoms with Crippen LogP contribution in [-0.2, 0) is 0 Å². The average Bonchev–Trinajstić information content (AvgIpc) is 3.37. The molecule has 2 aliphatic rings. The van der Waals surface area contributed by atoms with E-state index in [4.69, 9.17) is 4.74 Å². The van der Waals surface area contributed by atoms with Gasteiger partial charge in [0.15, 0.2) is 5.82 Å². The summed E-state index contributed by atoms with van der Waals surface area (Å²) in [6.45, 7) is 2.07. The van der Waals surface area contributed by atoms with Gasteiger partial charge in [-0.05, 0) is 43.9 Å². The van der Waals surface area contributed by atoms with Gasteiger partial charge in [-0.3, -0.25) is 4.79 Å². The number of likely N-dealkylation sites (tertiary alicyclic amines) is 1. The Kier molecular flexibility index (Phi) is 5.28. The van der Waals surface area contributed by atoms with Crippen LogP contribution in [0.2, 0.25) is 0 Å². The van der Waals surface area contributed by atoms with Crippen molar-refractivity contribution >= 4 is 5.91 Å². The van der Waals surface area contributed by atoms with Crippen LogP contribution in [0.3, 0.4) is 0 Å². The fraction of sp³-hybridized carbons (Fsp3) is 0.333. The summed E-state index contributed by atoms with van der Waals surface area (Å²) in [5, 5.41) is 0. The van der Waals surface area contributed by atoms with Crippen LogP contribution in [0.1, 0.15) is 42.1 Å². The molecule has 0 radical (unpaired) electrons. The van der Waals surface area contributed by atoms with Gasteiger partial charge in [0.2, 0.25) is 5.88 Å². The van der Waals surface area contributed by atoms with E-state index in [1.165, 1.54) is 12.1 Å². The standard InChI is InChI=1S/C24H22F2N4O2/c1-14-16-11-19(20(12-16)32-21-8-7-15(13-29-21)22(25)26)30(14)24(31)18-6-3-2-5-17(18)23-27-9-4-10-28-23/h2-10,13-14,16,19-20,22H,11-12H2,1H3. The van der Waals surface area contributed by atoms with E-state index in [9.17, 15) is 13.6 Å². The van der Waals surface area contributed by atoms with Gasteiger partial charge in [-0.25, -0.2) is 23.7 Å². The summed E-state index contributed by atoms with van der Waals surface area (Å²) in [6.07, 6.45) is 3.29. The number of alkyl halides is 2. The van der Waals surface area contributed by atoms with Gasteiger partial charge in [0.1, 0.15) is 6.10 Å². The molecule has 4 unspecified atom stereocenters. The first-order chi connectivity index (χ1) is 15.5. The van der Waals surface area contributed by atoms with E-state index < -0.39 is 6.43 Å². The number of rotatable bonds is 5. The summed E-state index contributed by atoms with van der Waals surface area (Å²) in [5.41, 5.74) is 1.10. The molecule has 3 aromatic rings. The van der Waals surface area contributed by atoms with Gasteiger partial charge in [0.25, 0.3) is 12.3 Å². The van der Waals surface area contributed by atoms with Gasteiger partial charge in [-0.2, -0.15) is 0 Å². The van der Waals surface area contributed by atoms with Crippen molar-refractivity contribution < 1.29 is 18.3 Å². The minimum absolute atomic E-state index is 0.0752.